The number of quaternary nitrogens is 1. The van der Waals surface area contributed by atoms with Crippen molar-refractivity contribution in [2.24, 2.45) is 11.8 Å². The Balaban J connectivity index is 1.53. The Kier molecular flexibility index (Phi) is 3.56. The van der Waals surface area contributed by atoms with Crippen molar-refractivity contribution in [3.8, 4) is 0 Å². The van der Waals surface area contributed by atoms with Gasteiger partial charge in [-0.3, -0.25) is 9.59 Å². The molecule has 1 saturated heterocycles. The van der Waals surface area contributed by atoms with Gasteiger partial charge in [-0.25, -0.2) is 10.1 Å². The highest BCUT2D eigenvalue weighted by Crippen LogP contribution is 2.61. The molecule has 4 aliphatic rings. The molecule has 6 nitrogen and oxygen atoms in total. The Labute approximate surface area is 172 Å². The molecular formula is C24H18N2O4. The van der Waals surface area contributed by atoms with Crippen LogP contribution >= 0.6 is 0 Å². The third-order valence-corrected chi connectivity index (χ3v) is 6.80. The van der Waals surface area contributed by atoms with Crippen LogP contribution in [0, 0.1) is 17.0 Å². The van der Waals surface area contributed by atoms with Crippen molar-refractivity contribution in [1.29, 1.82) is 0 Å². The van der Waals surface area contributed by atoms with Crippen molar-refractivity contribution >= 4 is 23.2 Å². The minimum absolute atomic E-state index is 0.0533. The summed E-state index contributed by atoms with van der Waals surface area (Å²) in [6, 6.07) is 22.2. The van der Waals surface area contributed by atoms with Gasteiger partial charge < -0.3 is 5.21 Å². The number of benzene rings is 3. The molecule has 1 aliphatic heterocycles. The van der Waals surface area contributed by atoms with E-state index in [0.29, 0.717) is 5.69 Å². The molecule has 3 aliphatic carbocycles. The van der Waals surface area contributed by atoms with Gasteiger partial charge in [-0.05, 0) is 28.3 Å². The number of carbonyl (C=O) groups excluding carboxylic acids is 2. The van der Waals surface area contributed by atoms with Crippen molar-refractivity contribution < 1.29 is 20.0 Å². The Bertz CT molecular complexity index is 1110. The number of hydrogen-bond acceptors (Lipinski definition) is 4. The average Bonchev–Trinajstić information content (AvgIpc) is 3.04. The summed E-state index contributed by atoms with van der Waals surface area (Å²) in [6.45, 7) is 0. The highest BCUT2D eigenvalue weighted by atomic mass is 16.8. The summed E-state index contributed by atoms with van der Waals surface area (Å²) in [6.07, 6.45) is 0. The maximum atomic E-state index is 13.6. The van der Waals surface area contributed by atoms with E-state index in [1.807, 2.05) is 24.3 Å². The third-order valence-electron chi connectivity index (χ3n) is 6.80. The quantitative estimate of drug-likeness (QED) is 0.513. The Morgan fingerprint density at radius 3 is 1.63 bits per heavy atom. The normalized spacial score (nSPS) is 26.9. The number of nitrogens with one attached hydrogen (secondary N) is 1. The second-order valence-electron chi connectivity index (χ2n) is 8.13. The third kappa shape index (κ3) is 2.13. The van der Waals surface area contributed by atoms with Crippen molar-refractivity contribution in [2.75, 3.05) is 4.90 Å². The van der Waals surface area contributed by atoms with E-state index < -0.39 is 17.1 Å². The molecule has 30 heavy (non-hydrogen) atoms. The number of nitrogens with zero attached hydrogens (tertiary/aromatic N) is 1. The van der Waals surface area contributed by atoms with E-state index in [9.17, 15) is 20.0 Å². The van der Waals surface area contributed by atoms with E-state index in [-0.39, 0.29) is 29.3 Å². The van der Waals surface area contributed by atoms with Crippen LogP contribution in [-0.4, -0.2) is 17.0 Å². The number of hydrogen-bond donors (Lipinski definition) is 2. The van der Waals surface area contributed by atoms with Crippen molar-refractivity contribution in [3.05, 3.63) is 100 Å². The number of carbonyl (C=O) groups is 2. The van der Waals surface area contributed by atoms with Gasteiger partial charge >= 0.3 is 0 Å². The predicted molar refractivity (Wildman–Crippen MR) is 108 cm³/mol. The van der Waals surface area contributed by atoms with Crippen molar-refractivity contribution in [1.82, 2.24) is 0 Å². The van der Waals surface area contributed by atoms with E-state index in [1.54, 1.807) is 12.1 Å². The Hall–Kier alpha value is -3.32. The summed E-state index contributed by atoms with van der Waals surface area (Å²) >= 11 is 0. The second kappa shape index (κ2) is 6.09. The van der Waals surface area contributed by atoms with Crippen LogP contribution < -0.4 is 10.1 Å². The van der Waals surface area contributed by atoms with E-state index >= 15 is 0 Å². The first-order chi connectivity index (χ1) is 14.6. The van der Waals surface area contributed by atoms with Gasteiger partial charge in [-0.2, -0.15) is 5.23 Å². The molecule has 3 aromatic rings. The van der Waals surface area contributed by atoms with Gasteiger partial charge in [0.15, 0.2) is 5.69 Å². The summed E-state index contributed by atoms with van der Waals surface area (Å²) in [4.78, 5) is 28.4. The number of amides is 2. The fourth-order valence-electron chi connectivity index (χ4n) is 5.71. The van der Waals surface area contributed by atoms with E-state index in [4.69, 9.17) is 0 Å². The molecule has 3 atom stereocenters. The maximum Gasteiger partial charge on any atom is 0.238 e. The van der Waals surface area contributed by atoms with Crippen LogP contribution in [0.3, 0.4) is 0 Å². The molecule has 1 heterocycles. The average molecular weight is 398 g/mol. The fraction of sp³-hybridized carbons (Fsp3) is 0.167. The zero-order valence-corrected chi connectivity index (χ0v) is 15.9. The van der Waals surface area contributed by atoms with Crippen molar-refractivity contribution in [3.63, 3.8) is 0 Å². The second-order valence-corrected chi connectivity index (χ2v) is 8.13. The molecule has 148 valence electrons. The lowest BCUT2D eigenvalue weighted by Crippen LogP contribution is -2.99. The van der Waals surface area contributed by atoms with Gasteiger partial charge in [0.05, 0.1) is 17.5 Å². The van der Waals surface area contributed by atoms with Gasteiger partial charge in [0.1, 0.15) is 0 Å². The molecule has 6 heteroatoms. The monoisotopic (exact) mass is 398 g/mol. The lowest BCUT2D eigenvalue weighted by atomic mass is 9.55. The number of rotatable bonds is 2. The first-order valence-electron chi connectivity index (χ1n) is 9.96. The smallest absolute Gasteiger partial charge is 0.238 e. The minimum Gasteiger partial charge on any atom is -0.595 e. The van der Waals surface area contributed by atoms with Crippen LogP contribution in [0.4, 0.5) is 11.4 Å². The SMILES string of the molecule is O=C1C2C3c4ccccc4C(c4ccccc43)C2C(=O)N1c1cccc([NH+]([O-])O)c1. The van der Waals surface area contributed by atoms with Gasteiger partial charge in [-0.1, -0.05) is 54.6 Å². The number of imide groups is 1. The Morgan fingerprint density at radius 1 is 0.733 bits per heavy atom. The van der Waals surface area contributed by atoms with Crippen LogP contribution in [0.1, 0.15) is 34.1 Å². The van der Waals surface area contributed by atoms with E-state index in [0.717, 1.165) is 22.3 Å². The molecule has 0 saturated carbocycles. The van der Waals surface area contributed by atoms with Crippen LogP contribution in [0.5, 0.6) is 0 Å². The van der Waals surface area contributed by atoms with Gasteiger partial charge in [-0.15, -0.1) is 0 Å². The van der Waals surface area contributed by atoms with Crippen LogP contribution in [0.2, 0.25) is 0 Å². The summed E-state index contributed by atoms with van der Waals surface area (Å²) in [5.41, 5.74) is 4.84. The topological polar surface area (TPSA) is 85.1 Å². The molecule has 2 bridgehead atoms. The molecule has 3 aromatic carbocycles. The van der Waals surface area contributed by atoms with Crippen molar-refractivity contribution in [2.45, 2.75) is 11.8 Å². The van der Waals surface area contributed by atoms with Crippen LogP contribution in [0.15, 0.2) is 72.8 Å². The van der Waals surface area contributed by atoms with E-state index in [1.165, 1.54) is 17.0 Å². The first kappa shape index (κ1) is 17.5. The summed E-state index contributed by atoms with van der Waals surface area (Å²) in [5.74, 6) is -1.77. The van der Waals surface area contributed by atoms with Gasteiger partial charge in [0.25, 0.3) is 0 Å². The molecular weight excluding hydrogens is 380 g/mol. The largest absolute Gasteiger partial charge is 0.595 e. The molecule has 0 spiro atoms. The standard InChI is InChI=1S/C24H18N2O4/c27-23-21-19-15-8-1-2-9-16(15)20(18-11-4-3-10-17(18)19)22(21)24(28)25(23)13-6-5-7-14(12-13)26(29)30/h1-12,19-22,26,29H. The molecule has 2 amide bonds. The first-order valence-corrected chi connectivity index (χ1v) is 9.96. The highest BCUT2D eigenvalue weighted by molar-refractivity contribution is 6.23. The minimum atomic E-state index is -1.09. The van der Waals surface area contributed by atoms with Crippen LogP contribution in [0.25, 0.3) is 0 Å². The molecule has 1 fully saturated rings. The zero-order chi connectivity index (χ0) is 20.6. The zero-order valence-electron chi connectivity index (χ0n) is 15.9. The summed E-state index contributed by atoms with van der Waals surface area (Å²) < 4.78 is 0. The molecule has 3 unspecified atom stereocenters. The Morgan fingerprint density at radius 2 is 1.20 bits per heavy atom. The maximum absolute atomic E-state index is 13.6. The molecule has 7 rings (SSSR count). The van der Waals surface area contributed by atoms with Crippen LogP contribution in [-0.2, 0) is 9.59 Å². The summed E-state index contributed by atoms with van der Waals surface area (Å²) in [5, 5.41) is 19.6. The number of anilines is 1. The molecule has 2 N–H and O–H groups in total. The highest BCUT2D eigenvalue weighted by Gasteiger charge is 2.61. The molecule has 0 aromatic heterocycles. The van der Waals surface area contributed by atoms with E-state index in [2.05, 4.69) is 24.3 Å². The lowest BCUT2D eigenvalue weighted by molar-refractivity contribution is -0.991. The summed E-state index contributed by atoms with van der Waals surface area (Å²) in [7, 11) is 0. The fourth-order valence-corrected chi connectivity index (χ4v) is 5.71. The lowest BCUT2D eigenvalue weighted by Gasteiger charge is -2.45. The van der Waals surface area contributed by atoms with Gasteiger partial charge in [0, 0.05) is 24.0 Å². The molecule has 0 radical (unpaired) electrons. The van der Waals surface area contributed by atoms with Gasteiger partial charge in [0.2, 0.25) is 11.8 Å². The predicted octanol–water partition coefficient (Wildman–Crippen LogP) is 2.49.